The molecule has 0 radical (unpaired) electrons. The predicted molar refractivity (Wildman–Crippen MR) is 112 cm³/mol. The monoisotopic (exact) mass is 402 g/mol. The van der Waals surface area contributed by atoms with Crippen molar-refractivity contribution in [3.05, 3.63) is 11.6 Å². The number of fused-ring (bicyclic) bond motifs is 1. The van der Waals surface area contributed by atoms with Crippen molar-refractivity contribution in [3.8, 4) is 23.7 Å². The average Bonchev–Trinajstić information content (AvgIpc) is 2.97. The normalized spacial score (nSPS) is 27.0. The summed E-state index contributed by atoms with van der Waals surface area (Å²) >= 11 is 0. The molecule has 0 aliphatic heterocycles. The highest BCUT2D eigenvalue weighted by Gasteiger charge is 2.42. The Hall–Kier alpha value is -1.79. The Labute approximate surface area is 174 Å². The summed E-state index contributed by atoms with van der Waals surface area (Å²) in [6.45, 7) is 6.07. The maximum absolute atomic E-state index is 10.5. The highest BCUT2D eigenvalue weighted by Crippen LogP contribution is 2.45. The molecule has 0 spiro atoms. The highest BCUT2D eigenvalue weighted by molar-refractivity contribution is 5.67. The van der Waals surface area contributed by atoms with E-state index in [4.69, 9.17) is 9.84 Å². The number of carbonyl (C=O) groups is 1. The van der Waals surface area contributed by atoms with Gasteiger partial charge >= 0.3 is 5.97 Å². The summed E-state index contributed by atoms with van der Waals surface area (Å²) in [6, 6.07) is 0. The molecule has 2 aliphatic rings. The maximum Gasteiger partial charge on any atom is 0.329 e. The molecule has 0 bridgehead atoms. The van der Waals surface area contributed by atoms with E-state index in [0.29, 0.717) is 25.4 Å². The molecule has 0 aromatic rings. The van der Waals surface area contributed by atoms with Gasteiger partial charge in [-0.2, -0.15) is 0 Å². The van der Waals surface area contributed by atoms with E-state index in [9.17, 15) is 15.0 Å². The van der Waals surface area contributed by atoms with Crippen LogP contribution in [0.5, 0.6) is 0 Å². The van der Waals surface area contributed by atoms with Gasteiger partial charge in [0.25, 0.3) is 0 Å². The summed E-state index contributed by atoms with van der Waals surface area (Å²) in [5.74, 6) is 11.8. The first kappa shape index (κ1) is 23.5. The number of allylic oxidation sites excluding steroid dienone is 1. The minimum absolute atomic E-state index is 0.117. The van der Waals surface area contributed by atoms with Crippen molar-refractivity contribution in [2.75, 3.05) is 13.2 Å². The first-order valence-electron chi connectivity index (χ1n) is 10.6. The van der Waals surface area contributed by atoms with Gasteiger partial charge in [0.2, 0.25) is 0 Å². The van der Waals surface area contributed by atoms with E-state index >= 15 is 0 Å². The fraction of sp³-hybridized carbons (Fsp3) is 0.708. The lowest BCUT2D eigenvalue weighted by molar-refractivity contribution is -0.142. The molecule has 0 saturated heterocycles. The van der Waals surface area contributed by atoms with Crippen molar-refractivity contribution in [1.82, 2.24) is 0 Å². The van der Waals surface area contributed by atoms with Gasteiger partial charge < -0.3 is 20.1 Å². The van der Waals surface area contributed by atoms with Gasteiger partial charge in [0, 0.05) is 24.2 Å². The van der Waals surface area contributed by atoms with Crippen LogP contribution < -0.4 is 0 Å². The maximum atomic E-state index is 10.5. The lowest BCUT2D eigenvalue weighted by atomic mass is 9.78. The summed E-state index contributed by atoms with van der Waals surface area (Å²) in [6.07, 6.45) is 5.65. The van der Waals surface area contributed by atoms with Crippen LogP contribution in [0.15, 0.2) is 11.6 Å². The minimum atomic E-state index is -0.953. The van der Waals surface area contributed by atoms with E-state index in [1.807, 2.05) is 20.8 Å². The van der Waals surface area contributed by atoms with E-state index in [1.165, 1.54) is 5.57 Å². The minimum Gasteiger partial charge on any atom is -0.480 e. The van der Waals surface area contributed by atoms with E-state index < -0.39 is 23.6 Å². The van der Waals surface area contributed by atoms with Gasteiger partial charge in [0.05, 0.1) is 12.7 Å². The number of rotatable bonds is 7. The van der Waals surface area contributed by atoms with Gasteiger partial charge in [-0.25, -0.2) is 4.79 Å². The third-order valence-corrected chi connectivity index (χ3v) is 5.95. The van der Waals surface area contributed by atoms with Gasteiger partial charge in [0.1, 0.15) is 12.7 Å². The summed E-state index contributed by atoms with van der Waals surface area (Å²) in [5, 5.41) is 29.7. The predicted octanol–water partition coefficient (Wildman–Crippen LogP) is 3.01. The topological polar surface area (TPSA) is 87.0 Å². The van der Waals surface area contributed by atoms with Crippen LogP contribution in [0.25, 0.3) is 0 Å². The second kappa shape index (κ2) is 10.8. The first-order chi connectivity index (χ1) is 13.7. The Morgan fingerprint density at radius 1 is 1.38 bits per heavy atom. The van der Waals surface area contributed by atoms with Gasteiger partial charge in [-0.1, -0.05) is 44.3 Å². The van der Waals surface area contributed by atoms with E-state index in [0.717, 1.165) is 25.7 Å². The number of aliphatic hydroxyl groups excluding tert-OH is 2. The number of hydrogen-bond acceptors (Lipinski definition) is 4. The molecule has 0 amide bonds. The number of carboxylic acid groups (broad SMARTS) is 1. The zero-order valence-corrected chi connectivity index (χ0v) is 17.8. The summed E-state index contributed by atoms with van der Waals surface area (Å²) in [7, 11) is 0. The molecule has 5 atom stereocenters. The van der Waals surface area contributed by atoms with Crippen molar-refractivity contribution in [3.63, 3.8) is 0 Å². The zero-order chi connectivity index (χ0) is 21.4. The number of aliphatic carboxylic acids is 1. The Morgan fingerprint density at radius 2 is 2.14 bits per heavy atom. The molecule has 0 unspecified atom stereocenters. The number of aliphatic hydroxyl groups is 2. The Morgan fingerprint density at radius 3 is 2.83 bits per heavy atom. The quantitative estimate of drug-likeness (QED) is 0.346. The number of carboxylic acids is 1. The van der Waals surface area contributed by atoms with Crippen LogP contribution in [-0.2, 0) is 9.53 Å². The zero-order valence-electron chi connectivity index (χ0n) is 17.8. The van der Waals surface area contributed by atoms with Crippen LogP contribution >= 0.6 is 0 Å². The van der Waals surface area contributed by atoms with Crippen molar-refractivity contribution >= 4 is 5.97 Å². The molecule has 29 heavy (non-hydrogen) atoms. The van der Waals surface area contributed by atoms with E-state index in [2.05, 4.69) is 29.8 Å². The third kappa shape index (κ3) is 6.89. The van der Waals surface area contributed by atoms with Gasteiger partial charge in [0.15, 0.2) is 0 Å². The van der Waals surface area contributed by atoms with Crippen LogP contribution in [0.2, 0.25) is 0 Å². The SMILES string of the molecule is CCC#CCC(C)(C)[C@@H](O)C#C[C@@H]1[C@H]2CCC(CCOCC(=O)O)=C[C@H]2C[C@H]1O. The fourth-order valence-corrected chi connectivity index (χ4v) is 4.13. The highest BCUT2D eigenvalue weighted by atomic mass is 16.5. The molecule has 5 heteroatoms. The van der Waals surface area contributed by atoms with Crippen LogP contribution in [0.4, 0.5) is 0 Å². The van der Waals surface area contributed by atoms with Crippen LogP contribution in [-0.4, -0.2) is 46.7 Å². The summed E-state index contributed by atoms with van der Waals surface area (Å²) < 4.78 is 5.13. The molecule has 0 aromatic carbocycles. The molecule has 5 nitrogen and oxygen atoms in total. The molecular weight excluding hydrogens is 368 g/mol. The van der Waals surface area contributed by atoms with Crippen molar-refractivity contribution < 1.29 is 24.9 Å². The van der Waals surface area contributed by atoms with Crippen molar-refractivity contribution in [2.45, 2.75) is 71.5 Å². The smallest absolute Gasteiger partial charge is 0.329 e. The molecular formula is C24H34O5. The largest absolute Gasteiger partial charge is 0.480 e. The molecule has 160 valence electrons. The molecule has 0 aromatic heterocycles. The molecule has 1 fully saturated rings. The summed E-state index contributed by atoms with van der Waals surface area (Å²) in [5.41, 5.74) is 0.862. The molecule has 1 saturated carbocycles. The van der Waals surface area contributed by atoms with E-state index in [1.54, 1.807) is 0 Å². The molecule has 3 N–H and O–H groups in total. The fourth-order valence-electron chi connectivity index (χ4n) is 4.13. The average molecular weight is 403 g/mol. The van der Waals surface area contributed by atoms with Crippen LogP contribution in [0.3, 0.4) is 0 Å². The van der Waals surface area contributed by atoms with Gasteiger partial charge in [-0.05, 0) is 37.5 Å². The Kier molecular flexibility index (Phi) is 8.78. The molecule has 0 heterocycles. The first-order valence-corrected chi connectivity index (χ1v) is 10.6. The second-order valence-electron chi connectivity index (χ2n) is 8.78. The molecule has 2 rings (SSSR count). The van der Waals surface area contributed by atoms with Crippen LogP contribution in [0.1, 0.15) is 59.3 Å². The second-order valence-corrected chi connectivity index (χ2v) is 8.78. The lowest BCUT2D eigenvalue weighted by Crippen LogP contribution is -2.28. The summed E-state index contributed by atoms with van der Waals surface area (Å²) in [4.78, 5) is 10.5. The Bertz CT molecular complexity index is 715. The van der Waals surface area contributed by atoms with Crippen LogP contribution in [0, 0.1) is 46.9 Å². The number of hydrogen-bond donors (Lipinski definition) is 3. The van der Waals surface area contributed by atoms with Crippen molar-refractivity contribution in [2.24, 2.45) is 23.2 Å². The number of ether oxygens (including phenoxy) is 1. The van der Waals surface area contributed by atoms with Gasteiger partial charge in [-0.15, -0.1) is 11.8 Å². The lowest BCUT2D eigenvalue weighted by Gasteiger charge is -2.27. The van der Waals surface area contributed by atoms with Gasteiger partial charge in [-0.3, -0.25) is 0 Å². The Balaban J connectivity index is 1.95. The van der Waals surface area contributed by atoms with Crippen molar-refractivity contribution in [1.29, 1.82) is 0 Å². The molecule has 2 aliphatic carbocycles. The van der Waals surface area contributed by atoms with E-state index in [-0.39, 0.29) is 18.4 Å². The standard InChI is InChI=1S/C24H34O5/c1-4-5-6-12-24(2,3)22(26)10-9-20-19-8-7-17(11-13-29-16-23(27)28)14-18(19)15-21(20)25/h14,18-22,25-26H,4,7-8,11-13,15-16H2,1-3H3,(H,27,28)/t18-,19-,20+,21+,22-/m0/s1. The third-order valence-electron chi connectivity index (χ3n) is 5.95.